The first-order valence-corrected chi connectivity index (χ1v) is 8.24. The lowest BCUT2D eigenvalue weighted by Crippen LogP contribution is -2.27. The summed E-state index contributed by atoms with van der Waals surface area (Å²) in [5.74, 6) is 0.701. The zero-order valence-corrected chi connectivity index (χ0v) is 13.5. The third kappa shape index (κ3) is 4.04. The van der Waals surface area contributed by atoms with Crippen LogP contribution in [0.3, 0.4) is 0 Å². The number of hydrogen-bond acceptors (Lipinski definition) is 3. The maximum absolute atomic E-state index is 5.73. The molecule has 2 atom stereocenters. The van der Waals surface area contributed by atoms with E-state index in [0.717, 1.165) is 26.1 Å². The fourth-order valence-electron chi connectivity index (χ4n) is 2.63. The molecule has 1 N–H and O–H groups in total. The Balaban J connectivity index is 1.78. The van der Waals surface area contributed by atoms with Crippen molar-refractivity contribution in [2.75, 3.05) is 13.2 Å². The molecule has 0 aliphatic carbocycles. The van der Waals surface area contributed by atoms with Gasteiger partial charge in [0.05, 0.1) is 6.10 Å². The Hall–Kier alpha value is -0.380. The number of ether oxygens (including phenoxy) is 1. The smallest absolute Gasteiger partial charge is 0.0613 e. The van der Waals surface area contributed by atoms with E-state index >= 15 is 0 Å². The van der Waals surface area contributed by atoms with Gasteiger partial charge in [-0.2, -0.15) is 0 Å². The molecular weight excluding hydrogens is 254 g/mol. The summed E-state index contributed by atoms with van der Waals surface area (Å²) in [6.45, 7) is 12.1. The van der Waals surface area contributed by atoms with Crippen molar-refractivity contribution in [2.24, 2.45) is 5.92 Å². The quantitative estimate of drug-likeness (QED) is 0.882. The molecule has 0 aromatic carbocycles. The van der Waals surface area contributed by atoms with Crippen LogP contribution in [0, 0.1) is 5.92 Å². The minimum atomic E-state index is 0.273. The summed E-state index contributed by atoms with van der Waals surface area (Å²) in [4.78, 5) is 2.91. The Labute approximate surface area is 121 Å². The molecule has 0 amide bonds. The Morgan fingerprint density at radius 1 is 1.37 bits per heavy atom. The highest BCUT2D eigenvalue weighted by molar-refractivity contribution is 7.12. The molecular formula is C16H27NOS. The highest BCUT2D eigenvalue weighted by atomic mass is 32.1. The summed E-state index contributed by atoms with van der Waals surface area (Å²) < 4.78 is 5.73. The molecule has 2 unspecified atom stereocenters. The van der Waals surface area contributed by atoms with E-state index in [9.17, 15) is 0 Å². The van der Waals surface area contributed by atoms with E-state index in [1.165, 1.54) is 16.2 Å². The van der Waals surface area contributed by atoms with Gasteiger partial charge in [0.15, 0.2) is 0 Å². The van der Waals surface area contributed by atoms with E-state index in [4.69, 9.17) is 4.74 Å². The molecule has 2 nitrogen and oxygen atoms in total. The molecule has 1 aromatic heterocycles. The van der Waals surface area contributed by atoms with Gasteiger partial charge < -0.3 is 10.1 Å². The molecule has 1 aromatic rings. The minimum absolute atomic E-state index is 0.273. The van der Waals surface area contributed by atoms with Crippen molar-refractivity contribution in [2.45, 2.75) is 58.6 Å². The number of thiophene rings is 1. The van der Waals surface area contributed by atoms with Gasteiger partial charge in [-0.1, -0.05) is 27.7 Å². The molecule has 3 heteroatoms. The van der Waals surface area contributed by atoms with Gasteiger partial charge in [-0.15, -0.1) is 11.3 Å². The summed E-state index contributed by atoms with van der Waals surface area (Å²) in [5, 5.41) is 3.60. The van der Waals surface area contributed by atoms with Crippen molar-refractivity contribution in [1.82, 2.24) is 5.32 Å². The van der Waals surface area contributed by atoms with Gasteiger partial charge in [0.25, 0.3) is 0 Å². The Morgan fingerprint density at radius 2 is 2.16 bits per heavy atom. The van der Waals surface area contributed by atoms with E-state index in [0.29, 0.717) is 12.0 Å². The molecule has 1 fully saturated rings. The lowest BCUT2D eigenvalue weighted by atomic mass is 9.95. The molecule has 0 radical (unpaired) electrons. The van der Waals surface area contributed by atoms with Crippen LogP contribution in [-0.4, -0.2) is 19.3 Å². The average molecular weight is 281 g/mol. The van der Waals surface area contributed by atoms with Crippen LogP contribution in [0.15, 0.2) is 12.1 Å². The van der Waals surface area contributed by atoms with Crippen LogP contribution in [0.25, 0.3) is 0 Å². The molecule has 0 spiro atoms. The SMILES string of the molecule is CCC1OCCC1CNCc1ccc(C(C)(C)C)s1. The second kappa shape index (κ2) is 6.38. The van der Waals surface area contributed by atoms with Crippen molar-refractivity contribution >= 4 is 11.3 Å². The van der Waals surface area contributed by atoms with Crippen LogP contribution in [-0.2, 0) is 16.7 Å². The Bertz CT molecular complexity index is 394. The van der Waals surface area contributed by atoms with E-state index in [-0.39, 0.29) is 5.41 Å². The lowest BCUT2D eigenvalue weighted by Gasteiger charge is -2.17. The van der Waals surface area contributed by atoms with E-state index in [2.05, 4.69) is 45.1 Å². The van der Waals surface area contributed by atoms with Gasteiger partial charge in [-0.25, -0.2) is 0 Å². The highest BCUT2D eigenvalue weighted by Gasteiger charge is 2.26. The molecule has 1 aliphatic heterocycles. The lowest BCUT2D eigenvalue weighted by molar-refractivity contribution is 0.0872. The van der Waals surface area contributed by atoms with Crippen molar-refractivity contribution in [1.29, 1.82) is 0 Å². The van der Waals surface area contributed by atoms with E-state index < -0.39 is 0 Å². The predicted molar refractivity (Wildman–Crippen MR) is 82.9 cm³/mol. The standard InChI is InChI=1S/C16H27NOS/c1-5-14-12(8-9-18-14)10-17-11-13-6-7-15(19-13)16(2,3)4/h6-7,12,14,17H,5,8-11H2,1-4H3. The number of nitrogens with one attached hydrogen (secondary N) is 1. The van der Waals surface area contributed by atoms with Gasteiger partial charge in [0, 0.05) is 29.5 Å². The first-order chi connectivity index (χ1) is 9.00. The van der Waals surface area contributed by atoms with Crippen LogP contribution in [0.4, 0.5) is 0 Å². The van der Waals surface area contributed by atoms with Crippen LogP contribution < -0.4 is 5.32 Å². The molecule has 0 saturated carbocycles. The summed E-state index contributed by atoms with van der Waals surface area (Å²) in [6, 6.07) is 4.54. The van der Waals surface area contributed by atoms with Gasteiger partial charge in [0.2, 0.25) is 0 Å². The van der Waals surface area contributed by atoms with Crippen molar-refractivity contribution in [3.05, 3.63) is 21.9 Å². The second-order valence-electron chi connectivity index (χ2n) is 6.51. The van der Waals surface area contributed by atoms with Crippen molar-refractivity contribution in [3.63, 3.8) is 0 Å². The highest BCUT2D eigenvalue weighted by Crippen LogP contribution is 2.29. The van der Waals surface area contributed by atoms with Gasteiger partial charge >= 0.3 is 0 Å². The van der Waals surface area contributed by atoms with Crippen LogP contribution in [0.5, 0.6) is 0 Å². The molecule has 1 aliphatic rings. The second-order valence-corrected chi connectivity index (χ2v) is 7.68. The molecule has 0 bridgehead atoms. The topological polar surface area (TPSA) is 21.3 Å². The zero-order valence-electron chi connectivity index (χ0n) is 12.7. The largest absolute Gasteiger partial charge is 0.378 e. The third-order valence-corrected chi connectivity index (χ3v) is 5.37. The summed E-state index contributed by atoms with van der Waals surface area (Å²) in [6.07, 6.45) is 2.82. The number of rotatable bonds is 5. The van der Waals surface area contributed by atoms with E-state index in [1.54, 1.807) is 0 Å². The van der Waals surface area contributed by atoms with Crippen LogP contribution in [0.2, 0.25) is 0 Å². The third-order valence-electron chi connectivity index (χ3n) is 3.86. The Kier molecular flexibility index (Phi) is 5.04. The molecule has 19 heavy (non-hydrogen) atoms. The van der Waals surface area contributed by atoms with Gasteiger partial charge in [-0.05, 0) is 36.3 Å². The predicted octanol–water partition coefficient (Wildman–Crippen LogP) is 3.95. The maximum atomic E-state index is 5.73. The molecule has 108 valence electrons. The fourth-order valence-corrected chi connectivity index (χ4v) is 3.67. The van der Waals surface area contributed by atoms with Crippen molar-refractivity contribution < 1.29 is 4.74 Å². The Morgan fingerprint density at radius 3 is 2.79 bits per heavy atom. The first-order valence-electron chi connectivity index (χ1n) is 7.42. The number of hydrogen-bond donors (Lipinski definition) is 1. The zero-order chi connectivity index (χ0) is 13.9. The molecule has 2 rings (SSSR count). The summed E-state index contributed by atoms with van der Waals surface area (Å²) in [7, 11) is 0. The molecule has 2 heterocycles. The first kappa shape index (κ1) is 15.0. The average Bonchev–Trinajstić information content (AvgIpc) is 2.96. The maximum Gasteiger partial charge on any atom is 0.0613 e. The summed E-state index contributed by atoms with van der Waals surface area (Å²) >= 11 is 1.94. The van der Waals surface area contributed by atoms with Gasteiger partial charge in [-0.3, -0.25) is 0 Å². The molecule has 1 saturated heterocycles. The summed E-state index contributed by atoms with van der Waals surface area (Å²) in [5.41, 5.74) is 0.273. The monoisotopic (exact) mass is 281 g/mol. The minimum Gasteiger partial charge on any atom is -0.378 e. The van der Waals surface area contributed by atoms with Crippen LogP contribution >= 0.6 is 11.3 Å². The van der Waals surface area contributed by atoms with Gasteiger partial charge in [0.1, 0.15) is 0 Å². The fraction of sp³-hybridized carbons (Fsp3) is 0.750. The normalized spacial score (nSPS) is 24.0. The van der Waals surface area contributed by atoms with Crippen molar-refractivity contribution in [3.8, 4) is 0 Å². The van der Waals surface area contributed by atoms with Crippen LogP contribution in [0.1, 0.15) is 50.3 Å². The van der Waals surface area contributed by atoms with E-state index in [1.807, 2.05) is 11.3 Å².